The monoisotopic (exact) mass is 348 g/mol. The standard InChI is InChI=1S/C14H18Cl2N2O2S/c15-12-4-1-5-13(16)14(12)21(19,20)18(11-6-7-11)9-10-3-2-8-17-10/h1,4-5,10-11,17H,2-3,6-9H2. The van der Waals surface area contributed by atoms with Crippen molar-refractivity contribution in [2.45, 2.75) is 42.7 Å². The molecule has 0 radical (unpaired) electrons. The summed E-state index contributed by atoms with van der Waals surface area (Å²) in [5.74, 6) is 0. The van der Waals surface area contributed by atoms with Gasteiger partial charge in [0.1, 0.15) is 4.90 Å². The lowest BCUT2D eigenvalue weighted by molar-refractivity contribution is 0.363. The van der Waals surface area contributed by atoms with E-state index in [0.29, 0.717) is 6.54 Å². The molecule has 1 heterocycles. The minimum absolute atomic E-state index is 0.0400. The highest BCUT2D eigenvalue weighted by molar-refractivity contribution is 7.89. The Kier molecular flexibility index (Phi) is 4.48. The van der Waals surface area contributed by atoms with Crippen molar-refractivity contribution >= 4 is 33.2 Å². The molecule has 1 aliphatic carbocycles. The maximum atomic E-state index is 13.0. The van der Waals surface area contributed by atoms with Crippen LogP contribution in [0.15, 0.2) is 23.1 Å². The average molecular weight is 349 g/mol. The number of nitrogens with one attached hydrogen (secondary N) is 1. The van der Waals surface area contributed by atoms with Crippen LogP contribution < -0.4 is 5.32 Å². The molecule has 2 aliphatic rings. The molecule has 0 bridgehead atoms. The normalized spacial score (nSPS) is 22.9. The lowest BCUT2D eigenvalue weighted by atomic mass is 10.2. The van der Waals surface area contributed by atoms with Crippen molar-refractivity contribution in [1.82, 2.24) is 9.62 Å². The van der Waals surface area contributed by atoms with Gasteiger partial charge in [0.05, 0.1) is 10.0 Å². The Morgan fingerprint density at radius 1 is 1.19 bits per heavy atom. The Bertz CT molecular complexity index is 606. The topological polar surface area (TPSA) is 49.4 Å². The van der Waals surface area contributed by atoms with E-state index in [-0.39, 0.29) is 27.0 Å². The molecule has 4 nitrogen and oxygen atoms in total. The highest BCUT2D eigenvalue weighted by Gasteiger charge is 2.41. The number of hydrogen-bond donors (Lipinski definition) is 1. The zero-order chi connectivity index (χ0) is 15.0. The van der Waals surface area contributed by atoms with Crippen LogP contribution >= 0.6 is 23.2 Å². The quantitative estimate of drug-likeness (QED) is 0.889. The molecule has 7 heteroatoms. The first-order valence-corrected chi connectivity index (χ1v) is 9.39. The first kappa shape index (κ1) is 15.6. The molecule has 1 atom stereocenters. The Hall–Kier alpha value is -0.330. The second kappa shape index (κ2) is 6.05. The molecule has 21 heavy (non-hydrogen) atoms. The van der Waals surface area contributed by atoms with E-state index in [0.717, 1.165) is 32.2 Å². The van der Waals surface area contributed by atoms with Crippen molar-refractivity contribution in [3.05, 3.63) is 28.2 Å². The number of nitrogens with zero attached hydrogens (tertiary/aromatic N) is 1. The van der Waals surface area contributed by atoms with Crippen molar-refractivity contribution in [3.8, 4) is 0 Å². The van der Waals surface area contributed by atoms with Crippen molar-refractivity contribution in [2.24, 2.45) is 0 Å². The van der Waals surface area contributed by atoms with E-state index in [4.69, 9.17) is 23.2 Å². The Morgan fingerprint density at radius 3 is 2.38 bits per heavy atom. The Balaban J connectivity index is 1.93. The van der Waals surface area contributed by atoms with Crippen LogP contribution in [0, 0.1) is 0 Å². The molecule has 1 N–H and O–H groups in total. The van der Waals surface area contributed by atoms with Gasteiger partial charge < -0.3 is 5.32 Å². The van der Waals surface area contributed by atoms with Gasteiger partial charge in [0.2, 0.25) is 10.0 Å². The Labute approximate surface area is 135 Å². The lowest BCUT2D eigenvalue weighted by Gasteiger charge is -2.26. The summed E-state index contributed by atoms with van der Waals surface area (Å²) in [5.41, 5.74) is 0. The minimum atomic E-state index is -3.66. The first-order valence-electron chi connectivity index (χ1n) is 7.19. The summed E-state index contributed by atoms with van der Waals surface area (Å²) in [6, 6.07) is 5.11. The predicted molar refractivity (Wildman–Crippen MR) is 84.4 cm³/mol. The highest BCUT2D eigenvalue weighted by atomic mass is 35.5. The largest absolute Gasteiger partial charge is 0.313 e. The van der Waals surface area contributed by atoms with Gasteiger partial charge in [0.25, 0.3) is 0 Å². The van der Waals surface area contributed by atoms with Crippen LogP contribution in [0.1, 0.15) is 25.7 Å². The van der Waals surface area contributed by atoms with Crippen molar-refractivity contribution in [2.75, 3.05) is 13.1 Å². The smallest absolute Gasteiger partial charge is 0.246 e. The molecule has 0 aromatic heterocycles. The van der Waals surface area contributed by atoms with E-state index in [1.54, 1.807) is 22.5 Å². The molecule has 3 rings (SSSR count). The number of sulfonamides is 1. The minimum Gasteiger partial charge on any atom is -0.313 e. The molecule has 1 aromatic carbocycles. The first-order chi connectivity index (χ1) is 10.00. The third-order valence-corrected chi connectivity index (χ3v) is 6.88. The molecule has 1 saturated carbocycles. The predicted octanol–water partition coefficient (Wildman–Crippen LogP) is 2.90. The number of benzene rings is 1. The fourth-order valence-electron chi connectivity index (χ4n) is 2.78. The van der Waals surface area contributed by atoms with Gasteiger partial charge in [-0.1, -0.05) is 29.3 Å². The molecule has 1 aliphatic heterocycles. The summed E-state index contributed by atoms with van der Waals surface area (Å²) in [7, 11) is -3.66. The summed E-state index contributed by atoms with van der Waals surface area (Å²) >= 11 is 12.2. The Morgan fingerprint density at radius 2 is 1.86 bits per heavy atom. The van der Waals surface area contributed by atoms with E-state index in [2.05, 4.69) is 5.32 Å². The molecule has 1 unspecified atom stereocenters. The van der Waals surface area contributed by atoms with E-state index < -0.39 is 10.0 Å². The maximum Gasteiger partial charge on any atom is 0.246 e. The lowest BCUT2D eigenvalue weighted by Crippen LogP contribution is -2.42. The molecule has 2 fully saturated rings. The molecule has 0 spiro atoms. The summed E-state index contributed by atoms with van der Waals surface area (Å²) in [6.45, 7) is 1.45. The van der Waals surface area contributed by atoms with Gasteiger partial charge in [0.15, 0.2) is 0 Å². The van der Waals surface area contributed by atoms with Crippen LogP contribution in [0.2, 0.25) is 10.0 Å². The molecule has 0 amide bonds. The van der Waals surface area contributed by atoms with Gasteiger partial charge in [-0.3, -0.25) is 0 Å². The third kappa shape index (κ3) is 3.22. The highest BCUT2D eigenvalue weighted by Crippen LogP contribution is 2.37. The van der Waals surface area contributed by atoms with Crippen molar-refractivity contribution in [3.63, 3.8) is 0 Å². The molecular formula is C14H18Cl2N2O2S. The van der Waals surface area contributed by atoms with Crippen LogP contribution in [-0.4, -0.2) is 37.9 Å². The molecule has 1 saturated heterocycles. The van der Waals surface area contributed by atoms with Gasteiger partial charge in [0, 0.05) is 18.6 Å². The van der Waals surface area contributed by atoms with Crippen LogP contribution in [-0.2, 0) is 10.0 Å². The second-order valence-corrected chi connectivity index (χ2v) is 8.29. The maximum absolute atomic E-state index is 13.0. The number of hydrogen-bond acceptors (Lipinski definition) is 3. The molecule has 1 aromatic rings. The van der Waals surface area contributed by atoms with E-state index in [1.807, 2.05) is 0 Å². The van der Waals surface area contributed by atoms with E-state index in [9.17, 15) is 8.42 Å². The van der Waals surface area contributed by atoms with Crippen LogP contribution in [0.25, 0.3) is 0 Å². The van der Waals surface area contributed by atoms with Gasteiger partial charge in [-0.25, -0.2) is 8.42 Å². The average Bonchev–Trinajstić information content (AvgIpc) is 3.11. The molecule has 116 valence electrons. The van der Waals surface area contributed by atoms with Gasteiger partial charge >= 0.3 is 0 Å². The molecular weight excluding hydrogens is 331 g/mol. The van der Waals surface area contributed by atoms with Crippen molar-refractivity contribution < 1.29 is 8.42 Å². The summed E-state index contributed by atoms with van der Waals surface area (Å²) in [4.78, 5) is 0.0400. The number of rotatable bonds is 5. The van der Waals surface area contributed by atoms with Gasteiger partial charge in [-0.05, 0) is 44.4 Å². The van der Waals surface area contributed by atoms with E-state index >= 15 is 0 Å². The van der Waals surface area contributed by atoms with Crippen LogP contribution in [0.4, 0.5) is 0 Å². The van der Waals surface area contributed by atoms with Crippen molar-refractivity contribution in [1.29, 1.82) is 0 Å². The second-order valence-electron chi connectivity index (χ2n) is 5.65. The summed E-state index contributed by atoms with van der Waals surface area (Å²) in [5, 5.41) is 3.73. The van der Waals surface area contributed by atoms with E-state index in [1.165, 1.54) is 0 Å². The summed E-state index contributed by atoms with van der Waals surface area (Å²) in [6.07, 6.45) is 3.92. The van der Waals surface area contributed by atoms with Crippen LogP contribution in [0.3, 0.4) is 0 Å². The van der Waals surface area contributed by atoms with Crippen LogP contribution in [0.5, 0.6) is 0 Å². The zero-order valence-corrected chi connectivity index (χ0v) is 13.9. The number of halogens is 2. The third-order valence-electron chi connectivity index (χ3n) is 4.00. The fraction of sp³-hybridized carbons (Fsp3) is 0.571. The zero-order valence-electron chi connectivity index (χ0n) is 11.6. The van der Waals surface area contributed by atoms with Gasteiger partial charge in [-0.15, -0.1) is 0 Å². The SMILES string of the molecule is O=S(=O)(c1c(Cl)cccc1Cl)N(CC1CCCN1)C1CC1. The van der Waals surface area contributed by atoms with Gasteiger partial charge in [-0.2, -0.15) is 4.31 Å². The summed E-state index contributed by atoms with van der Waals surface area (Å²) < 4.78 is 27.5. The fourth-order valence-corrected chi connectivity index (χ4v) is 5.61.